The molecule has 0 aromatic carbocycles. The van der Waals surface area contributed by atoms with Crippen molar-refractivity contribution < 1.29 is 4.79 Å². The van der Waals surface area contributed by atoms with Gasteiger partial charge in [-0.3, -0.25) is 4.79 Å². The number of carbonyl (C=O) groups excluding carboxylic acids is 1. The van der Waals surface area contributed by atoms with Crippen molar-refractivity contribution in [3.05, 3.63) is 0 Å². The molecule has 0 saturated heterocycles. The third-order valence-electron chi connectivity index (χ3n) is 4.61. The fraction of sp³-hybridized carbons (Fsp3) is 0.769. The topological polar surface area (TPSA) is 29.1 Å². The van der Waals surface area contributed by atoms with Crippen molar-refractivity contribution in [3.8, 4) is 12.3 Å². The first-order valence-corrected chi connectivity index (χ1v) is 6.04. The van der Waals surface area contributed by atoms with Gasteiger partial charge in [0.05, 0.1) is 0 Å². The molecule has 15 heavy (non-hydrogen) atoms. The predicted molar refractivity (Wildman–Crippen MR) is 57.8 cm³/mol. The summed E-state index contributed by atoms with van der Waals surface area (Å²) in [5.41, 5.74) is 0. The van der Waals surface area contributed by atoms with E-state index in [1.165, 1.54) is 19.3 Å². The van der Waals surface area contributed by atoms with Gasteiger partial charge in [-0.2, -0.15) is 0 Å². The minimum atomic E-state index is 0.275. The lowest BCUT2D eigenvalue weighted by Gasteiger charge is -2.08. The Bertz CT molecular complexity index is 314. The van der Waals surface area contributed by atoms with Crippen LogP contribution < -0.4 is 5.32 Å². The standard InChI is InChI=1S/C13H17NO/c1-2-3-6-14-13(15)12-10-8-4-5-9(7-8)11(10)12/h1,8-12H,3-7H2,(H,14,15). The van der Waals surface area contributed by atoms with Crippen molar-refractivity contribution in [1.82, 2.24) is 5.32 Å². The van der Waals surface area contributed by atoms with E-state index in [0.717, 1.165) is 23.7 Å². The normalized spacial score (nSPS) is 44.6. The van der Waals surface area contributed by atoms with Crippen LogP contribution in [0.2, 0.25) is 0 Å². The summed E-state index contributed by atoms with van der Waals surface area (Å²) in [6, 6.07) is 0. The highest BCUT2D eigenvalue weighted by molar-refractivity contribution is 5.82. The van der Waals surface area contributed by atoms with Gasteiger partial charge in [0, 0.05) is 18.9 Å². The number of fused-ring (bicyclic) bond motifs is 5. The Morgan fingerprint density at radius 3 is 2.60 bits per heavy atom. The molecule has 2 nitrogen and oxygen atoms in total. The van der Waals surface area contributed by atoms with Crippen molar-refractivity contribution in [2.75, 3.05) is 6.54 Å². The van der Waals surface area contributed by atoms with E-state index in [1.54, 1.807) is 0 Å². The van der Waals surface area contributed by atoms with Crippen molar-refractivity contribution in [2.45, 2.75) is 25.7 Å². The molecule has 3 rings (SSSR count). The zero-order valence-electron chi connectivity index (χ0n) is 8.91. The van der Waals surface area contributed by atoms with Gasteiger partial charge in [0.25, 0.3) is 0 Å². The predicted octanol–water partition coefficient (Wildman–Crippen LogP) is 1.42. The van der Waals surface area contributed by atoms with E-state index in [0.29, 0.717) is 18.9 Å². The largest absolute Gasteiger partial charge is 0.355 e. The summed E-state index contributed by atoms with van der Waals surface area (Å²) in [4.78, 5) is 11.8. The molecule has 0 aliphatic heterocycles. The molecule has 0 spiro atoms. The van der Waals surface area contributed by atoms with Gasteiger partial charge in [-0.1, -0.05) is 0 Å². The summed E-state index contributed by atoms with van der Waals surface area (Å²) in [6.07, 6.45) is 9.96. The Kier molecular flexibility index (Phi) is 2.02. The minimum absolute atomic E-state index is 0.275. The molecule has 3 aliphatic rings. The Morgan fingerprint density at radius 2 is 2.00 bits per heavy atom. The summed E-state index contributed by atoms with van der Waals surface area (Å²) < 4.78 is 0. The molecule has 4 atom stereocenters. The third kappa shape index (κ3) is 1.29. The SMILES string of the molecule is C#CCCNC(=O)C1C2C3CCC(C3)C12. The number of hydrogen-bond donors (Lipinski definition) is 1. The molecule has 0 radical (unpaired) electrons. The van der Waals surface area contributed by atoms with Crippen LogP contribution in [0.5, 0.6) is 0 Å². The first kappa shape index (κ1) is 9.27. The molecule has 0 heterocycles. The molecule has 3 fully saturated rings. The second-order valence-electron chi connectivity index (χ2n) is 5.26. The maximum Gasteiger partial charge on any atom is 0.223 e. The molecule has 4 unspecified atom stereocenters. The van der Waals surface area contributed by atoms with E-state index in [2.05, 4.69) is 11.2 Å². The summed E-state index contributed by atoms with van der Waals surface area (Å²) >= 11 is 0. The van der Waals surface area contributed by atoms with Gasteiger partial charge in [-0.05, 0) is 42.9 Å². The van der Waals surface area contributed by atoms with Gasteiger partial charge in [-0.25, -0.2) is 0 Å². The van der Waals surface area contributed by atoms with E-state index in [9.17, 15) is 4.79 Å². The molecular weight excluding hydrogens is 186 g/mol. The molecule has 0 aromatic heterocycles. The highest BCUT2D eigenvalue weighted by atomic mass is 16.2. The van der Waals surface area contributed by atoms with Gasteiger partial charge >= 0.3 is 0 Å². The third-order valence-corrected chi connectivity index (χ3v) is 4.61. The summed E-state index contributed by atoms with van der Waals surface area (Å²) in [5, 5.41) is 2.96. The molecule has 3 saturated carbocycles. The first-order chi connectivity index (χ1) is 7.33. The molecule has 2 bridgehead atoms. The van der Waals surface area contributed by atoms with Crippen LogP contribution in [-0.2, 0) is 4.79 Å². The summed E-state index contributed by atoms with van der Waals surface area (Å²) in [6.45, 7) is 0.653. The summed E-state index contributed by atoms with van der Waals surface area (Å²) in [5.74, 6) is 6.42. The van der Waals surface area contributed by atoms with Gasteiger partial charge in [0.15, 0.2) is 0 Å². The Morgan fingerprint density at radius 1 is 1.33 bits per heavy atom. The van der Waals surface area contributed by atoms with Crippen molar-refractivity contribution in [3.63, 3.8) is 0 Å². The molecular formula is C13H17NO. The number of hydrogen-bond acceptors (Lipinski definition) is 1. The van der Waals surface area contributed by atoms with E-state index >= 15 is 0 Å². The minimum Gasteiger partial charge on any atom is -0.355 e. The van der Waals surface area contributed by atoms with Gasteiger partial charge in [0.2, 0.25) is 5.91 Å². The fourth-order valence-corrected chi connectivity index (χ4v) is 4.05. The van der Waals surface area contributed by atoms with Crippen LogP contribution >= 0.6 is 0 Å². The quantitative estimate of drug-likeness (QED) is 0.545. The van der Waals surface area contributed by atoms with Gasteiger partial charge in [-0.15, -0.1) is 12.3 Å². The van der Waals surface area contributed by atoms with Crippen molar-refractivity contribution in [1.29, 1.82) is 0 Å². The molecule has 1 amide bonds. The van der Waals surface area contributed by atoms with Crippen LogP contribution in [0.25, 0.3) is 0 Å². The molecule has 0 aromatic rings. The van der Waals surface area contributed by atoms with Crippen LogP contribution in [-0.4, -0.2) is 12.5 Å². The van der Waals surface area contributed by atoms with Gasteiger partial charge < -0.3 is 5.32 Å². The van der Waals surface area contributed by atoms with Crippen molar-refractivity contribution >= 4 is 5.91 Å². The van der Waals surface area contributed by atoms with Crippen LogP contribution in [0, 0.1) is 41.9 Å². The maximum atomic E-state index is 11.8. The van der Waals surface area contributed by atoms with E-state index in [4.69, 9.17) is 6.42 Å². The maximum absolute atomic E-state index is 11.8. The highest BCUT2D eigenvalue weighted by Crippen LogP contribution is 2.69. The average molecular weight is 203 g/mol. The fourth-order valence-electron chi connectivity index (χ4n) is 4.05. The van der Waals surface area contributed by atoms with Crippen LogP contribution in [0.1, 0.15) is 25.7 Å². The van der Waals surface area contributed by atoms with Crippen LogP contribution in [0.4, 0.5) is 0 Å². The lowest BCUT2D eigenvalue weighted by atomic mass is 10.0. The smallest absolute Gasteiger partial charge is 0.223 e. The Hall–Kier alpha value is -0.970. The zero-order valence-corrected chi connectivity index (χ0v) is 8.91. The Labute approximate surface area is 90.8 Å². The Balaban J connectivity index is 1.54. The molecule has 80 valence electrons. The number of amides is 1. The molecule has 1 N–H and O–H groups in total. The number of carbonyl (C=O) groups is 1. The second kappa shape index (κ2) is 3.27. The lowest BCUT2D eigenvalue weighted by molar-refractivity contribution is -0.123. The second-order valence-corrected chi connectivity index (χ2v) is 5.26. The monoisotopic (exact) mass is 203 g/mol. The first-order valence-electron chi connectivity index (χ1n) is 6.04. The van der Waals surface area contributed by atoms with E-state index in [1.807, 2.05) is 0 Å². The lowest BCUT2D eigenvalue weighted by Crippen LogP contribution is -2.28. The van der Waals surface area contributed by atoms with E-state index < -0.39 is 0 Å². The van der Waals surface area contributed by atoms with E-state index in [-0.39, 0.29) is 5.91 Å². The summed E-state index contributed by atoms with van der Waals surface area (Å²) in [7, 11) is 0. The number of rotatable bonds is 3. The number of nitrogens with one attached hydrogen (secondary N) is 1. The van der Waals surface area contributed by atoms with Crippen molar-refractivity contribution in [2.24, 2.45) is 29.6 Å². The molecule has 3 aliphatic carbocycles. The van der Waals surface area contributed by atoms with Crippen LogP contribution in [0.15, 0.2) is 0 Å². The molecule has 2 heteroatoms. The number of terminal acetylenes is 1. The van der Waals surface area contributed by atoms with Crippen LogP contribution in [0.3, 0.4) is 0 Å². The zero-order chi connectivity index (χ0) is 10.4. The average Bonchev–Trinajstić information content (AvgIpc) is 2.68. The highest BCUT2D eigenvalue weighted by Gasteiger charge is 2.67. The van der Waals surface area contributed by atoms with Gasteiger partial charge in [0.1, 0.15) is 0 Å².